The molecule has 3 fully saturated rings. The fourth-order valence-corrected chi connectivity index (χ4v) is 5.65. The number of aromatic nitrogens is 2. The van der Waals surface area contributed by atoms with E-state index >= 15 is 0 Å². The van der Waals surface area contributed by atoms with Crippen molar-refractivity contribution in [1.82, 2.24) is 9.97 Å². The number of nitrogen functional groups attached to an aromatic ring is 1. The number of piperidine rings is 1. The summed E-state index contributed by atoms with van der Waals surface area (Å²) in [4.78, 5) is 24.3. The maximum atomic E-state index is 13.1. The molecular formula is C23H30N6O. The van der Waals surface area contributed by atoms with Gasteiger partial charge in [0.15, 0.2) is 5.69 Å². The quantitative estimate of drug-likeness (QED) is 0.719. The van der Waals surface area contributed by atoms with Gasteiger partial charge in [0.05, 0.1) is 23.3 Å². The molecule has 4 unspecified atom stereocenters. The number of amides is 1. The SMILES string of the molecule is Nc1ccc(C2CC3CCC2C3)nc1C(=O)Nc1cnccc1N1CCCC(N)C1. The minimum Gasteiger partial charge on any atom is -0.397 e. The Balaban J connectivity index is 1.38. The van der Waals surface area contributed by atoms with Crippen molar-refractivity contribution in [2.75, 3.05) is 29.0 Å². The topological polar surface area (TPSA) is 110 Å². The van der Waals surface area contributed by atoms with Crippen molar-refractivity contribution in [3.63, 3.8) is 0 Å². The third-order valence-electron chi connectivity index (χ3n) is 7.13. The van der Waals surface area contributed by atoms with Gasteiger partial charge < -0.3 is 21.7 Å². The fourth-order valence-electron chi connectivity index (χ4n) is 5.65. The second kappa shape index (κ2) is 7.87. The van der Waals surface area contributed by atoms with Crippen LogP contribution in [0.4, 0.5) is 17.1 Å². The Morgan fingerprint density at radius 1 is 1.17 bits per heavy atom. The van der Waals surface area contributed by atoms with Gasteiger partial charge in [-0.15, -0.1) is 0 Å². The maximum absolute atomic E-state index is 13.1. The molecule has 2 aromatic heterocycles. The lowest BCUT2D eigenvalue weighted by Gasteiger charge is -2.33. The van der Waals surface area contributed by atoms with Gasteiger partial charge in [-0.25, -0.2) is 4.98 Å². The van der Waals surface area contributed by atoms with Crippen LogP contribution in [0.1, 0.15) is 60.6 Å². The van der Waals surface area contributed by atoms with Crippen LogP contribution in [0, 0.1) is 11.8 Å². The molecule has 2 aliphatic carbocycles. The molecule has 2 saturated carbocycles. The highest BCUT2D eigenvalue weighted by atomic mass is 16.1. The highest BCUT2D eigenvalue weighted by molar-refractivity contribution is 6.07. The number of nitrogens with zero attached hydrogens (tertiary/aromatic N) is 3. The van der Waals surface area contributed by atoms with E-state index in [0.29, 0.717) is 28.9 Å². The van der Waals surface area contributed by atoms with E-state index in [0.717, 1.165) is 43.2 Å². The number of fused-ring (bicyclic) bond motifs is 2. The average Bonchev–Trinajstić information content (AvgIpc) is 3.38. The summed E-state index contributed by atoms with van der Waals surface area (Å²) in [7, 11) is 0. The van der Waals surface area contributed by atoms with Gasteiger partial charge in [-0.2, -0.15) is 0 Å². The number of nitrogens with two attached hydrogens (primary N) is 2. The van der Waals surface area contributed by atoms with Gasteiger partial charge in [-0.05, 0) is 62.1 Å². The summed E-state index contributed by atoms with van der Waals surface area (Å²) in [5, 5.41) is 3.01. The molecule has 1 amide bonds. The molecule has 1 saturated heterocycles. The van der Waals surface area contributed by atoms with Crippen LogP contribution in [0.15, 0.2) is 30.6 Å². The molecule has 0 radical (unpaired) electrons. The van der Waals surface area contributed by atoms with E-state index in [1.165, 1.54) is 25.7 Å². The number of anilines is 3. The molecular weight excluding hydrogens is 376 g/mol. The Bertz CT molecular complexity index is 947. The molecule has 7 heteroatoms. The van der Waals surface area contributed by atoms with Crippen LogP contribution in [-0.2, 0) is 0 Å². The molecule has 0 aromatic carbocycles. The number of pyridine rings is 2. The predicted octanol–water partition coefficient (Wildman–Crippen LogP) is 3.14. The van der Waals surface area contributed by atoms with Crippen molar-refractivity contribution in [2.45, 2.75) is 50.5 Å². The summed E-state index contributed by atoms with van der Waals surface area (Å²) in [5.41, 5.74) is 15.6. The van der Waals surface area contributed by atoms with Gasteiger partial charge in [-0.3, -0.25) is 9.78 Å². The first-order chi connectivity index (χ1) is 14.6. The molecule has 4 atom stereocenters. The average molecular weight is 407 g/mol. The number of nitrogens with one attached hydrogen (secondary N) is 1. The molecule has 1 aliphatic heterocycles. The van der Waals surface area contributed by atoms with Crippen LogP contribution in [0.3, 0.4) is 0 Å². The molecule has 5 rings (SSSR count). The van der Waals surface area contributed by atoms with E-state index < -0.39 is 0 Å². The highest BCUT2D eigenvalue weighted by Gasteiger charge is 2.41. The zero-order chi connectivity index (χ0) is 20.7. The lowest BCUT2D eigenvalue weighted by molar-refractivity contribution is 0.102. The number of carbonyl (C=O) groups is 1. The molecule has 5 N–H and O–H groups in total. The molecule has 3 aliphatic rings. The van der Waals surface area contributed by atoms with E-state index in [1.807, 2.05) is 18.2 Å². The zero-order valence-electron chi connectivity index (χ0n) is 17.3. The third kappa shape index (κ3) is 3.62. The van der Waals surface area contributed by atoms with E-state index in [2.05, 4.69) is 15.2 Å². The Labute approximate surface area is 177 Å². The van der Waals surface area contributed by atoms with Crippen molar-refractivity contribution in [3.05, 3.63) is 42.0 Å². The van der Waals surface area contributed by atoms with Crippen LogP contribution in [0.5, 0.6) is 0 Å². The van der Waals surface area contributed by atoms with Crippen LogP contribution in [0.2, 0.25) is 0 Å². The van der Waals surface area contributed by atoms with Gasteiger partial charge >= 0.3 is 0 Å². The van der Waals surface area contributed by atoms with Gasteiger partial charge in [0.1, 0.15) is 0 Å². The third-order valence-corrected chi connectivity index (χ3v) is 7.13. The Hall–Kier alpha value is -2.67. The van der Waals surface area contributed by atoms with Crippen molar-refractivity contribution in [2.24, 2.45) is 17.6 Å². The first-order valence-electron chi connectivity index (χ1n) is 11.1. The second-order valence-corrected chi connectivity index (χ2v) is 9.15. The van der Waals surface area contributed by atoms with Crippen molar-refractivity contribution in [3.8, 4) is 0 Å². The molecule has 0 spiro atoms. The van der Waals surface area contributed by atoms with E-state index in [9.17, 15) is 4.79 Å². The molecule has 3 heterocycles. The molecule has 7 nitrogen and oxygen atoms in total. The van der Waals surface area contributed by atoms with Crippen LogP contribution < -0.4 is 21.7 Å². The fraction of sp³-hybridized carbons (Fsp3) is 0.522. The zero-order valence-corrected chi connectivity index (χ0v) is 17.3. The Morgan fingerprint density at radius 3 is 2.83 bits per heavy atom. The normalized spacial score (nSPS) is 28.0. The molecule has 2 aromatic rings. The largest absolute Gasteiger partial charge is 0.397 e. The van der Waals surface area contributed by atoms with Gasteiger partial charge in [0.25, 0.3) is 5.91 Å². The Kier molecular flexibility index (Phi) is 5.06. The first kappa shape index (κ1) is 19.3. The minimum atomic E-state index is -0.284. The monoisotopic (exact) mass is 406 g/mol. The minimum absolute atomic E-state index is 0.145. The lowest BCUT2D eigenvalue weighted by atomic mass is 9.86. The number of hydrogen-bond donors (Lipinski definition) is 3. The van der Waals surface area contributed by atoms with Crippen molar-refractivity contribution < 1.29 is 4.79 Å². The first-order valence-corrected chi connectivity index (χ1v) is 11.1. The highest BCUT2D eigenvalue weighted by Crippen LogP contribution is 2.52. The number of hydrogen-bond acceptors (Lipinski definition) is 6. The molecule has 2 bridgehead atoms. The number of carbonyl (C=O) groups excluding carboxylic acids is 1. The molecule has 158 valence electrons. The second-order valence-electron chi connectivity index (χ2n) is 9.15. The summed E-state index contributed by atoms with van der Waals surface area (Å²) >= 11 is 0. The Morgan fingerprint density at radius 2 is 2.07 bits per heavy atom. The van der Waals surface area contributed by atoms with Gasteiger partial charge in [-0.1, -0.05) is 6.42 Å². The summed E-state index contributed by atoms with van der Waals surface area (Å²) in [6.45, 7) is 1.69. The number of rotatable bonds is 4. The van der Waals surface area contributed by atoms with Crippen molar-refractivity contribution >= 4 is 23.0 Å². The summed E-state index contributed by atoms with van der Waals surface area (Å²) in [5.74, 6) is 1.70. The predicted molar refractivity (Wildman–Crippen MR) is 118 cm³/mol. The lowest BCUT2D eigenvalue weighted by Crippen LogP contribution is -2.43. The summed E-state index contributed by atoms with van der Waals surface area (Å²) in [6.07, 6.45) is 10.6. The summed E-state index contributed by atoms with van der Waals surface area (Å²) in [6, 6.07) is 5.90. The molecule has 30 heavy (non-hydrogen) atoms. The van der Waals surface area contributed by atoms with E-state index in [4.69, 9.17) is 16.5 Å². The van der Waals surface area contributed by atoms with Crippen molar-refractivity contribution in [1.29, 1.82) is 0 Å². The standard InChI is InChI=1S/C23H30N6O/c24-16-2-1-9-29(13-16)21-7-8-26-12-20(21)28-23(30)22-18(25)5-6-19(27-22)17-11-14-3-4-15(17)10-14/h5-8,12,14-17H,1-4,9-11,13,24-25H2,(H,28,30). The smallest absolute Gasteiger partial charge is 0.276 e. The van der Waals surface area contributed by atoms with Gasteiger partial charge in [0.2, 0.25) is 0 Å². The van der Waals surface area contributed by atoms with Gasteiger partial charge in [0, 0.05) is 36.9 Å². The van der Waals surface area contributed by atoms with Crippen LogP contribution in [-0.4, -0.2) is 35.0 Å². The summed E-state index contributed by atoms with van der Waals surface area (Å²) < 4.78 is 0. The van der Waals surface area contributed by atoms with Crippen LogP contribution in [0.25, 0.3) is 0 Å². The van der Waals surface area contributed by atoms with Crippen LogP contribution >= 0.6 is 0 Å². The maximum Gasteiger partial charge on any atom is 0.276 e. The van der Waals surface area contributed by atoms with E-state index in [1.54, 1.807) is 12.4 Å². The van der Waals surface area contributed by atoms with E-state index in [-0.39, 0.29) is 11.9 Å².